The fourth-order valence-corrected chi connectivity index (χ4v) is 4.21. The molecule has 2 aromatic carbocycles. The average molecular weight is 561 g/mol. The highest BCUT2D eigenvalue weighted by atomic mass is 16.5. The Hall–Kier alpha value is -5.39. The molecule has 2 amide bonds. The number of aliphatic carboxylic acids is 2. The van der Waals surface area contributed by atoms with Crippen LogP contribution < -0.4 is 20.1 Å². The lowest BCUT2D eigenvalue weighted by Crippen LogP contribution is -2.42. The second kappa shape index (κ2) is 12.6. The first kappa shape index (κ1) is 28.6. The number of methoxy groups -OCH3 is 2. The van der Waals surface area contributed by atoms with Gasteiger partial charge in [-0.3, -0.25) is 14.4 Å². The number of hydrogen-bond donors (Lipinski definition) is 4. The molecular formula is C29H28N4O8. The van der Waals surface area contributed by atoms with Crippen LogP contribution in [0, 0.1) is 0 Å². The highest BCUT2D eigenvalue weighted by Gasteiger charge is 2.24. The van der Waals surface area contributed by atoms with Crippen molar-refractivity contribution >= 4 is 35.1 Å². The number of aromatic nitrogens is 2. The van der Waals surface area contributed by atoms with Gasteiger partial charge in [0.25, 0.3) is 11.8 Å². The monoisotopic (exact) mass is 560 g/mol. The van der Waals surface area contributed by atoms with Gasteiger partial charge in [-0.1, -0.05) is 12.2 Å². The van der Waals surface area contributed by atoms with E-state index < -0.39 is 36.2 Å². The predicted octanol–water partition coefficient (Wildman–Crippen LogP) is 3.20. The number of carbonyl (C=O) groups is 4. The minimum atomic E-state index is -1.58. The highest BCUT2D eigenvalue weighted by molar-refractivity contribution is 6.03. The standard InChI is InChI=1S/C29H28N4O8/c1-40-24-13-10-18(14-25(24)41-2)23-7-5-3-4-6-20-15-21(32-33(20)23)28(37)30-19-11-8-17(9-12-19)27(36)31-22(29(38)39)16-26(34)35/h3,5,7-15,22H,4,6,16H2,1-2H3,(H,30,37)(H,31,36)(H,34,35)(H,38,39)/b5-3-,23-7-/t22-/m0/s1. The number of carboxylic acids is 2. The number of ether oxygens (including phenoxy) is 2. The molecule has 1 atom stereocenters. The summed E-state index contributed by atoms with van der Waals surface area (Å²) in [6.45, 7) is 0. The molecule has 4 N–H and O–H groups in total. The number of carboxylic acid groups (broad SMARTS) is 2. The molecule has 1 aliphatic heterocycles. The van der Waals surface area contributed by atoms with E-state index in [0.717, 1.165) is 23.4 Å². The molecule has 3 aromatic rings. The van der Waals surface area contributed by atoms with Crippen molar-refractivity contribution in [1.82, 2.24) is 15.1 Å². The van der Waals surface area contributed by atoms with Crippen molar-refractivity contribution in [3.8, 4) is 11.5 Å². The summed E-state index contributed by atoms with van der Waals surface area (Å²) in [7, 11) is 3.12. The lowest BCUT2D eigenvalue weighted by molar-refractivity contribution is -0.145. The SMILES string of the molecule is COc1ccc(/C2=C/C=C\CCc3cc(C(=O)Nc4ccc(C(=O)N[C@@H](CC(=O)O)C(=O)O)cc4)nn32)cc1OC. The molecule has 41 heavy (non-hydrogen) atoms. The number of benzene rings is 2. The number of anilines is 1. The molecule has 2 heterocycles. The number of aryl methyl sites for hydroxylation is 1. The number of rotatable bonds is 10. The number of hydrogen-bond acceptors (Lipinski definition) is 7. The Kier molecular flexibility index (Phi) is 8.82. The summed E-state index contributed by atoms with van der Waals surface area (Å²) in [6, 6.07) is 11.4. The fourth-order valence-electron chi connectivity index (χ4n) is 4.21. The molecule has 0 saturated carbocycles. The number of nitrogens with one attached hydrogen (secondary N) is 2. The third-order valence-corrected chi connectivity index (χ3v) is 6.27. The van der Waals surface area contributed by atoms with E-state index in [4.69, 9.17) is 19.7 Å². The maximum Gasteiger partial charge on any atom is 0.326 e. The second-order valence-electron chi connectivity index (χ2n) is 9.01. The van der Waals surface area contributed by atoms with Crippen LogP contribution in [0.3, 0.4) is 0 Å². The molecule has 0 fully saturated rings. The minimum absolute atomic E-state index is 0.0989. The van der Waals surface area contributed by atoms with Gasteiger partial charge >= 0.3 is 11.9 Å². The summed E-state index contributed by atoms with van der Waals surface area (Å²) in [4.78, 5) is 47.6. The van der Waals surface area contributed by atoms with Gasteiger partial charge in [0.05, 0.1) is 26.3 Å². The Morgan fingerprint density at radius 1 is 0.976 bits per heavy atom. The molecule has 0 radical (unpaired) electrons. The van der Waals surface area contributed by atoms with Gasteiger partial charge < -0.3 is 30.3 Å². The van der Waals surface area contributed by atoms with Crippen molar-refractivity contribution in [2.24, 2.45) is 0 Å². The minimum Gasteiger partial charge on any atom is -0.493 e. The number of fused-ring (bicyclic) bond motifs is 1. The van der Waals surface area contributed by atoms with Crippen LogP contribution in [0.1, 0.15) is 44.9 Å². The van der Waals surface area contributed by atoms with Gasteiger partial charge in [0.15, 0.2) is 17.2 Å². The lowest BCUT2D eigenvalue weighted by Gasteiger charge is -2.15. The van der Waals surface area contributed by atoms with Gasteiger partial charge in [-0.2, -0.15) is 5.10 Å². The Balaban J connectivity index is 1.52. The normalized spacial score (nSPS) is 15.1. The molecule has 1 aliphatic rings. The Bertz CT molecular complexity index is 1540. The summed E-state index contributed by atoms with van der Waals surface area (Å²) < 4.78 is 12.5. The van der Waals surface area contributed by atoms with E-state index in [1.807, 2.05) is 30.4 Å². The summed E-state index contributed by atoms with van der Waals surface area (Å²) in [6.07, 6.45) is 6.55. The van der Waals surface area contributed by atoms with Crippen molar-refractivity contribution in [3.63, 3.8) is 0 Å². The van der Waals surface area contributed by atoms with Crippen LogP contribution in [0.25, 0.3) is 5.70 Å². The smallest absolute Gasteiger partial charge is 0.326 e. The highest BCUT2D eigenvalue weighted by Crippen LogP contribution is 2.32. The second-order valence-corrected chi connectivity index (χ2v) is 9.01. The van der Waals surface area contributed by atoms with E-state index in [9.17, 15) is 19.2 Å². The summed E-state index contributed by atoms with van der Waals surface area (Å²) in [5, 5.41) is 27.5. The van der Waals surface area contributed by atoms with Crippen LogP contribution in [-0.2, 0) is 16.0 Å². The molecule has 4 rings (SSSR count). The van der Waals surface area contributed by atoms with Gasteiger partial charge in [-0.15, -0.1) is 0 Å². The van der Waals surface area contributed by atoms with Crippen LogP contribution in [-0.4, -0.2) is 64.0 Å². The van der Waals surface area contributed by atoms with Crippen molar-refractivity contribution in [2.45, 2.75) is 25.3 Å². The van der Waals surface area contributed by atoms with Crippen molar-refractivity contribution < 1.29 is 38.9 Å². The zero-order chi connectivity index (χ0) is 29.5. The largest absolute Gasteiger partial charge is 0.493 e. The first-order chi connectivity index (χ1) is 19.7. The third-order valence-electron chi connectivity index (χ3n) is 6.27. The number of amides is 2. The molecule has 0 aliphatic carbocycles. The van der Waals surface area contributed by atoms with Gasteiger partial charge in [-0.25, -0.2) is 9.48 Å². The molecule has 0 spiro atoms. The van der Waals surface area contributed by atoms with Crippen LogP contribution >= 0.6 is 0 Å². The van der Waals surface area contributed by atoms with E-state index in [2.05, 4.69) is 15.7 Å². The zero-order valence-electron chi connectivity index (χ0n) is 22.3. The van der Waals surface area contributed by atoms with Crippen LogP contribution in [0.15, 0.2) is 66.8 Å². The quantitative estimate of drug-likeness (QED) is 0.291. The lowest BCUT2D eigenvalue weighted by atomic mass is 10.1. The molecule has 0 bridgehead atoms. The van der Waals surface area contributed by atoms with Gasteiger partial charge in [-0.05, 0) is 67.4 Å². The maximum absolute atomic E-state index is 13.1. The molecule has 0 unspecified atom stereocenters. The van der Waals surface area contributed by atoms with Gasteiger partial charge in [0.1, 0.15) is 6.04 Å². The molecule has 0 saturated heterocycles. The van der Waals surface area contributed by atoms with Crippen LogP contribution in [0.5, 0.6) is 11.5 Å². The number of carbonyl (C=O) groups excluding carboxylic acids is 2. The zero-order valence-corrected chi connectivity index (χ0v) is 22.3. The van der Waals surface area contributed by atoms with Crippen molar-refractivity contribution in [1.29, 1.82) is 0 Å². The molecule has 12 heteroatoms. The Morgan fingerprint density at radius 3 is 2.37 bits per heavy atom. The average Bonchev–Trinajstić information content (AvgIpc) is 3.35. The van der Waals surface area contributed by atoms with Crippen molar-refractivity contribution in [3.05, 3.63) is 89.3 Å². The number of allylic oxidation sites excluding steroid dienone is 3. The first-order valence-corrected chi connectivity index (χ1v) is 12.6. The van der Waals surface area contributed by atoms with E-state index >= 15 is 0 Å². The Labute approximate surface area is 234 Å². The molecule has 12 nitrogen and oxygen atoms in total. The first-order valence-electron chi connectivity index (χ1n) is 12.6. The third kappa shape index (κ3) is 6.79. The van der Waals surface area contributed by atoms with Crippen LogP contribution in [0.2, 0.25) is 0 Å². The summed E-state index contributed by atoms with van der Waals surface area (Å²) in [5.74, 6) is -2.89. The van der Waals surface area contributed by atoms with Gasteiger partial charge in [0, 0.05) is 22.5 Å². The molecule has 212 valence electrons. The number of nitrogens with zero attached hydrogens (tertiary/aromatic N) is 2. The van der Waals surface area contributed by atoms with E-state index in [0.29, 0.717) is 23.6 Å². The van der Waals surface area contributed by atoms with Crippen LogP contribution in [0.4, 0.5) is 5.69 Å². The topological polar surface area (TPSA) is 169 Å². The van der Waals surface area contributed by atoms with E-state index in [-0.39, 0.29) is 11.3 Å². The molecular weight excluding hydrogens is 532 g/mol. The summed E-state index contributed by atoms with van der Waals surface area (Å²) >= 11 is 0. The van der Waals surface area contributed by atoms with E-state index in [1.165, 1.54) is 24.3 Å². The fraction of sp³-hybridized carbons (Fsp3) is 0.207. The van der Waals surface area contributed by atoms with Gasteiger partial charge in [0.2, 0.25) is 0 Å². The predicted molar refractivity (Wildman–Crippen MR) is 148 cm³/mol. The maximum atomic E-state index is 13.1. The Morgan fingerprint density at radius 2 is 1.71 bits per heavy atom. The van der Waals surface area contributed by atoms with E-state index in [1.54, 1.807) is 31.0 Å². The van der Waals surface area contributed by atoms with Crippen molar-refractivity contribution in [2.75, 3.05) is 19.5 Å². The molecule has 1 aromatic heterocycles. The summed E-state index contributed by atoms with van der Waals surface area (Å²) in [5.41, 5.74) is 3.06.